The first-order valence-electron chi connectivity index (χ1n) is 8.06. The summed E-state index contributed by atoms with van der Waals surface area (Å²) in [6.45, 7) is 5.01. The number of rotatable bonds is 5. The number of thiazole rings is 1. The van der Waals surface area contributed by atoms with E-state index >= 15 is 0 Å². The van der Waals surface area contributed by atoms with Gasteiger partial charge in [-0.3, -0.25) is 4.79 Å². The van der Waals surface area contributed by atoms with Gasteiger partial charge in [-0.1, -0.05) is 19.9 Å². The predicted octanol–water partition coefficient (Wildman–Crippen LogP) is 3.99. The van der Waals surface area contributed by atoms with Crippen molar-refractivity contribution in [2.24, 2.45) is 5.92 Å². The minimum absolute atomic E-state index is 0.122. The van der Waals surface area contributed by atoms with Crippen LogP contribution >= 0.6 is 11.3 Å². The third-order valence-electron chi connectivity index (χ3n) is 3.92. The van der Waals surface area contributed by atoms with Gasteiger partial charge in [0.15, 0.2) is 5.13 Å². The van der Waals surface area contributed by atoms with Crippen molar-refractivity contribution >= 4 is 28.2 Å². The van der Waals surface area contributed by atoms with Gasteiger partial charge in [0.05, 0.1) is 11.7 Å². The minimum Gasteiger partial charge on any atom is -0.334 e. The second kappa shape index (κ2) is 7.08. The number of nitrogens with zero attached hydrogens (tertiary/aromatic N) is 3. The third-order valence-corrected chi connectivity index (χ3v) is 4.70. The molecule has 3 heterocycles. The molecule has 1 fully saturated rings. The first-order chi connectivity index (χ1) is 11.1. The van der Waals surface area contributed by atoms with E-state index < -0.39 is 0 Å². The number of amides is 1. The van der Waals surface area contributed by atoms with E-state index in [9.17, 15) is 4.79 Å². The molecule has 122 valence electrons. The molecule has 1 aliphatic heterocycles. The Balaban J connectivity index is 1.70. The van der Waals surface area contributed by atoms with Gasteiger partial charge >= 0.3 is 0 Å². The molecule has 1 amide bonds. The topological polar surface area (TPSA) is 58.1 Å². The summed E-state index contributed by atoms with van der Waals surface area (Å²) in [6.07, 6.45) is 4.41. The molecule has 2 aromatic heterocycles. The largest absolute Gasteiger partial charge is 0.334 e. The summed E-state index contributed by atoms with van der Waals surface area (Å²) < 4.78 is 0. The van der Waals surface area contributed by atoms with E-state index in [0.29, 0.717) is 12.3 Å². The normalized spacial score (nSPS) is 17.7. The van der Waals surface area contributed by atoms with E-state index in [1.807, 2.05) is 23.1 Å². The summed E-state index contributed by atoms with van der Waals surface area (Å²) >= 11 is 1.56. The molecule has 6 heteroatoms. The van der Waals surface area contributed by atoms with E-state index in [-0.39, 0.29) is 11.9 Å². The average Bonchev–Trinajstić information content (AvgIpc) is 3.16. The molecule has 3 rings (SSSR count). The molecule has 0 aromatic carbocycles. The van der Waals surface area contributed by atoms with Gasteiger partial charge in [-0.2, -0.15) is 0 Å². The highest BCUT2D eigenvalue weighted by Gasteiger charge is 2.31. The van der Waals surface area contributed by atoms with Crippen LogP contribution in [0.1, 0.15) is 44.8 Å². The van der Waals surface area contributed by atoms with Crippen LogP contribution in [0.5, 0.6) is 0 Å². The Morgan fingerprint density at radius 3 is 3.09 bits per heavy atom. The highest BCUT2D eigenvalue weighted by Crippen LogP contribution is 2.34. The van der Waals surface area contributed by atoms with Crippen LogP contribution in [0, 0.1) is 5.92 Å². The summed E-state index contributed by atoms with van der Waals surface area (Å²) in [4.78, 5) is 23.3. The highest BCUT2D eigenvalue weighted by atomic mass is 32.1. The number of pyridine rings is 1. The van der Waals surface area contributed by atoms with E-state index in [0.717, 1.165) is 36.0 Å². The molecule has 1 aliphatic rings. The lowest BCUT2D eigenvalue weighted by atomic mass is 10.1. The van der Waals surface area contributed by atoms with Crippen molar-refractivity contribution in [2.75, 3.05) is 11.9 Å². The molecule has 1 N–H and O–H groups in total. The molecule has 23 heavy (non-hydrogen) atoms. The van der Waals surface area contributed by atoms with Gasteiger partial charge in [0.2, 0.25) is 5.91 Å². The molecular formula is C17H22N4OS. The van der Waals surface area contributed by atoms with Crippen LogP contribution < -0.4 is 5.32 Å². The van der Waals surface area contributed by atoms with Crippen molar-refractivity contribution in [1.82, 2.24) is 14.9 Å². The lowest BCUT2D eigenvalue weighted by Gasteiger charge is -2.24. The van der Waals surface area contributed by atoms with Crippen LogP contribution in [0.3, 0.4) is 0 Å². The van der Waals surface area contributed by atoms with Crippen LogP contribution in [0.15, 0.2) is 29.8 Å². The molecule has 2 aromatic rings. The van der Waals surface area contributed by atoms with E-state index in [1.165, 1.54) is 0 Å². The zero-order valence-corrected chi connectivity index (χ0v) is 14.3. The van der Waals surface area contributed by atoms with Gasteiger partial charge in [-0.05, 0) is 30.9 Å². The highest BCUT2D eigenvalue weighted by molar-refractivity contribution is 7.13. The van der Waals surface area contributed by atoms with Crippen molar-refractivity contribution in [1.29, 1.82) is 0 Å². The molecule has 0 aliphatic carbocycles. The fourth-order valence-electron chi connectivity index (χ4n) is 2.88. The number of anilines is 2. The summed E-state index contributed by atoms with van der Waals surface area (Å²) in [6, 6.07) is 5.86. The zero-order valence-electron chi connectivity index (χ0n) is 13.5. The van der Waals surface area contributed by atoms with Gasteiger partial charge in [0.1, 0.15) is 5.82 Å². The zero-order chi connectivity index (χ0) is 16.2. The van der Waals surface area contributed by atoms with Crippen LogP contribution in [-0.2, 0) is 4.79 Å². The Labute approximate surface area is 140 Å². The van der Waals surface area contributed by atoms with Crippen molar-refractivity contribution < 1.29 is 4.79 Å². The second-order valence-corrected chi connectivity index (χ2v) is 7.12. The molecule has 0 radical (unpaired) electrons. The Hall–Kier alpha value is -1.95. The van der Waals surface area contributed by atoms with Gasteiger partial charge in [-0.25, -0.2) is 9.97 Å². The number of carbonyl (C=O) groups excluding carboxylic acids is 1. The first-order valence-corrected chi connectivity index (χ1v) is 8.94. The molecule has 0 spiro atoms. The number of hydrogen-bond donors (Lipinski definition) is 1. The lowest BCUT2D eigenvalue weighted by Crippen LogP contribution is -2.31. The molecule has 1 atom stereocenters. The molecular weight excluding hydrogens is 308 g/mol. The van der Waals surface area contributed by atoms with E-state index in [4.69, 9.17) is 0 Å². The number of carbonyl (C=O) groups is 1. The Bertz CT molecular complexity index is 656. The van der Waals surface area contributed by atoms with Gasteiger partial charge in [0, 0.05) is 24.5 Å². The Morgan fingerprint density at radius 2 is 2.35 bits per heavy atom. The Morgan fingerprint density at radius 1 is 1.48 bits per heavy atom. The standard InChI is InChI=1S/C17H22N4OS/c1-12(2)10-16(22)21-9-5-6-14(21)13-11-23-17(19-13)20-15-7-3-4-8-18-15/h3-4,7-8,11-12,14H,5-6,9-10H2,1-2H3,(H,18,19,20). The summed E-state index contributed by atoms with van der Waals surface area (Å²) in [5, 5.41) is 6.09. The summed E-state index contributed by atoms with van der Waals surface area (Å²) in [7, 11) is 0. The van der Waals surface area contributed by atoms with Gasteiger partial charge in [0.25, 0.3) is 0 Å². The monoisotopic (exact) mass is 330 g/mol. The van der Waals surface area contributed by atoms with Crippen LogP contribution in [0.2, 0.25) is 0 Å². The maximum Gasteiger partial charge on any atom is 0.223 e. The Kier molecular flexibility index (Phi) is 4.91. The molecule has 1 unspecified atom stereocenters. The van der Waals surface area contributed by atoms with Gasteiger partial charge < -0.3 is 10.2 Å². The summed E-state index contributed by atoms with van der Waals surface area (Å²) in [5.74, 6) is 1.42. The average molecular weight is 330 g/mol. The molecule has 5 nitrogen and oxygen atoms in total. The number of aromatic nitrogens is 2. The molecule has 0 saturated carbocycles. The first kappa shape index (κ1) is 15.9. The predicted molar refractivity (Wildman–Crippen MR) is 92.8 cm³/mol. The van der Waals surface area contributed by atoms with Crippen molar-refractivity contribution in [3.8, 4) is 0 Å². The van der Waals surface area contributed by atoms with Crippen LogP contribution in [0.4, 0.5) is 10.9 Å². The summed E-state index contributed by atoms with van der Waals surface area (Å²) in [5.41, 5.74) is 0.989. The number of hydrogen-bond acceptors (Lipinski definition) is 5. The second-order valence-electron chi connectivity index (χ2n) is 6.26. The fraction of sp³-hybridized carbons (Fsp3) is 0.471. The molecule has 0 bridgehead atoms. The van der Waals surface area contributed by atoms with Crippen LogP contribution in [-0.4, -0.2) is 27.3 Å². The van der Waals surface area contributed by atoms with Crippen molar-refractivity contribution in [3.05, 3.63) is 35.5 Å². The fourth-order valence-corrected chi connectivity index (χ4v) is 3.65. The maximum absolute atomic E-state index is 12.4. The SMILES string of the molecule is CC(C)CC(=O)N1CCCC1c1csc(Nc2ccccn2)n1. The number of nitrogens with one attached hydrogen (secondary N) is 1. The third kappa shape index (κ3) is 3.88. The van der Waals surface area contributed by atoms with Crippen LogP contribution in [0.25, 0.3) is 0 Å². The quantitative estimate of drug-likeness (QED) is 0.900. The lowest BCUT2D eigenvalue weighted by molar-refractivity contribution is -0.133. The number of likely N-dealkylation sites (tertiary alicyclic amines) is 1. The smallest absolute Gasteiger partial charge is 0.223 e. The maximum atomic E-state index is 12.4. The van der Waals surface area contributed by atoms with Crippen molar-refractivity contribution in [3.63, 3.8) is 0 Å². The minimum atomic E-state index is 0.122. The van der Waals surface area contributed by atoms with Gasteiger partial charge in [-0.15, -0.1) is 11.3 Å². The molecule has 1 saturated heterocycles. The van der Waals surface area contributed by atoms with Crippen molar-refractivity contribution in [2.45, 2.75) is 39.2 Å². The van der Waals surface area contributed by atoms with E-state index in [1.54, 1.807) is 17.5 Å². The van der Waals surface area contributed by atoms with E-state index in [2.05, 4.69) is 34.5 Å².